The highest BCUT2D eigenvalue weighted by molar-refractivity contribution is 7.85. The van der Waals surface area contributed by atoms with Crippen LogP contribution in [0.4, 0.5) is 10.2 Å². The summed E-state index contributed by atoms with van der Waals surface area (Å²) in [5.74, 6) is -1.03. The average Bonchev–Trinajstić information content (AvgIpc) is 2.66. The van der Waals surface area contributed by atoms with Gasteiger partial charge in [0, 0.05) is 11.6 Å². The third-order valence-electron chi connectivity index (χ3n) is 4.09. The van der Waals surface area contributed by atoms with E-state index in [0.29, 0.717) is 11.3 Å². The molecule has 0 amide bonds. The molecule has 9 heteroatoms. The quantitative estimate of drug-likeness (QED) is 0.488. The molecular weight excluding hydrogens is 399 g/mol. The Morgan fingerprint density at radius 2 is 1.79 bits per heavy atom. The number of carbonyl (C=O) groups excluding carboxylic acids is 1. The number of hydrogen-bond acceptors (Lipinski definition) is 6. The zero-order valence-electron chi connectivity index (χ0n) is 15.3. The fourth-order valence-electron chi connectivity index (χ4n) is 2.73. The third-order valence-corrected chi connectivity index (χ3v) is 4.64. The molecule has 2 aromatic carbocycles. The maximum absolute atomic E-state index is 13.1. The number of benzene rings is 2. The number of nitrogens with two attached hydrogens (primary N) is 1. The van der Waals surface area contributed by atoms with Gasteiger partial charge in [0.1, 0.15) is 11.6 Å². The Kier molecular flexibility index (Phi) is 5.62. The standard InChI is InChI=1S/C20H17FN2O5S/c1-29(26,27)28-12-13-3-2-4-16(11-13)23-18(24)10-9-17(20(23)22)19(25)14-5-7-15(21)8-6-14/h2-11H,12,22H2,1H3. The van der Waals surface area contributed by atoms with E-state index in [9.17, 15) is 22.4 Å². The lowest BCUT2D eigenvalue weighted by molar-refractivity contribution is 0.103. The van der Waals surface area contributed by atoms with Gasteiger partial charge in [-0.15, -0.1) is 0 Å². The van der Waals surface area contributed by atoms with Crippen molar-refractivity contribution in [3.63, 3.8) is 0 Å². The molecule has 29 heavy (non-hydrogen) atoms. The number of ketones is 1. The fourth-order valence-corrected chi connectivity index (χ4v) is 3.08. The number of anilines is 1. The van der Waals surface area contributed by atoms with E-state index in [2.05, 4.69) is 0 Å². The summed E-state index contributed by atoms with van der Waals surface area (Å²) >= 11 is 0. The Morgan fingerprint density at radius 1 is 1.10 bits per heavy atom. The number of aromatic nitrogens is 1. The van der Waals surface area contributed by atoms with Crippen molar-refractivity contribution < 1.29 is 21.8 Å². The minimum atomic E-state index is -3.63. The van der Waals surface area contributed by atoms with Gasteiger partial charge in [0.25, 0.3) is 15.7 Å². The van der Waals surface area contributed by atoms with E-state index >= 15 is 0 Å². The van der Waals surface area contributed by atoms with E-state index in [1.807, 2.05) is 0 Å². The van der Waals surface area contributed by atoms with Crippen molar-refractivity contribution in [1.82, 2.24) is 4.57 Å². The molecule has 1 heterocycles. The van der Waals surface area contributed by atoms with Crippen LogP contribution in [0.2, 0.25) is 0 Å². The smallest absolute Gasteiger partial charge is 0.264 e. The second kappa shape index (κ2) is 7.98. The van der Waals surface area contributed by atoms with Crippen LogP contribution in [0.1, 0.15) is 21.5 Å². The lowest BCUT2D eigenvalue weighted by Crippen LogP contribution is -2.23. The van der Waals surface area contributed by atoms with Gasteiger partial charge >= 0.3 is 0 Å². The van der Waals surface area contributed by atoms with Crippen molar-refractivity contribution in [2.75, 3.05) is 12.0 Å². The molecule has 0 saturated heterocycles. The molecular formula is C20H17FN2O5S. The van der Waals surface area contributed by atoms with Gasteiger partial charge < -0.3 is 5.73 Å². The highest BCUT2D eigenvalue weighted by atomic mass is 32.2. The van der Waals surface area contributed by atoms with Gasteiger partial charge in [-0.2, -0.15) is 8.42 Å². The SMILES string of the molecule is CS(=O)(=O)OCc1cccc(-n2c(N)c(C(=O)c3ccc(F)cc3)ccc2=O)c1. The number of halogens is 1. The summed E-state index contributed by atoms with van der Waals surface area (Å²) in [5, 5.41) is 0. The Balaban J connectivity index is 2.03. The molecule has 3 aromatic rings. The molecule has 0 atom stereocenters. The fraction of sp³-hybridized carbons (Fsp3) is 0.100. The number of nitrogens with zero attached hydrogens (tertiary/aromatic N) is 1. The zero-order chi connectivity index (χ0) is 21.2. The molecule has 3 rings (SSSR count). The largest absolute Gasteiger partial charge is 0.384 e. The second-order valence-corrected chi connectivity index (χ2v) is 7.92. The zero-order valence-corrected chi connectivity index (χ0v) is 16.1. The number of pyridine rings is 1. The molecule has 0 aliphatic rings. The molecule has 0 bridgehead atoms. The van der Waals surface area contributed by atoms with Crippen molar-refractivity contribution in [3.05, 3.63) is 93.5 Å². The van der Waals surface area contributed by atoms with Crippen LogP contribution >= 0.6 is 0 Å². The molecule has 0 spiro atoms. The molecule has 7 nitrogen and oxygen atoms in total. The van der Waals surface area contributed by atoms with E-state index < -0.39 is 27.3 Å². The first-order valence-electron chi connectivity index (χ1n) is 8.41. The number of nitrogen functional groups attached to an aromatic ring is 1. The highest BCUT2D eigenvalue weighted by Gasteiger charge is 2.17. The van der Waals surface area contributed by atoms with Crippen molar-refractivity contribution in [3.8, 4) is 5.69 Å². The van der Waals surface area contributed by atoms with E-state index in [1.54, 1.807) is 18.2 Å². The molecule has 150 valence electrons. The van der Waals surface area contributed by atoms with Gasteiger partial charge in [-0.3, -0.25) is 18.3 Å². The van der Waals surface area contributed by atoms with Gasteiger partial charge in [-0.25, -0.2) is 4.39 Å². The Bertz CT molecular complexity index is 1230. The summed E-state index contributed by atoms with van der Waals surface area (Å²) in [5.41, 5.74) is 6.78. The molecule has 0 unspecified atom stereocenters. The van der Waals surface area contributed by atoms with Gasteiger partial charge in [-0.1, -0.05) is 12.1 Å². The minimum Gasteiger partial charge on any atom is -0.384 e. The maximum Gasteiger partial charge on any atom is 0.264 e. The Hall–Kier alpha value is -3.30. The Morgan fingerprint density at radius 3 is 2.45 bits per heavy atom. The van der Waals surface area contributed by atoms with Crippen LogP contribution in [0.15, 0.2) is 65.5 Å². The van der Waals surface area contributed by atoms with E-state index in [0.717, 1.165) is 23.0 Å². The molecule has 0 aliphatic carbocycles. The third kappa shape index (κ3) is 4.76. The van der Waals surface area contributed by atoms with Crippen molar-refractivity contribution >= 4 is 21.7 Å². The molecule has 0 fully saturated rings. The van der Waals surface area contributed by atoms with E-state index in [4.69, 9.17) is 9.92 Å². The van der Waals surface area contributed by atoms with E-state index in [1.165, 1.54) is 30.3 Å². The van der Waals surface area contributed by atoms with Crippen LogP contribution in [0.3, 0.4) is 0 Å². The molecule has 0 aliphatic heterocycles. The normalized spacial score (nSPS) is 11.4. The lowest BCUT2D eigenvalue weighted by Gasteiger charge is -2.14. The average molecular weight is 416 g/mol. The van der Waals surface area contributed by atoms with Crippen LogP contribution < -0.4 is 11.3 Å². The predicted octanol–water partition coefficient (Wildman–Crippen LogP) is 2.27. The monoisotopic (exact) mass is 416 g/mol. The molecule has 0 radical (unpaired) electrons. The minimum absolute atomic E-state index is 0.0778. The van der Waals surface area contributed by atoms with Crippen molar-refractivity contribution in [2.45, 2.75) is 6.61 Å². The first-order valence-corrected chi connectivity index (χ1v) is 10.2. The maximum atomic E-state index is 13.1. The first kappa shape index (κ1) is 20.4. The summed E-state index contributed by atoms with van der Waals surface area (Å²) in [6.07, 6.45) is 0.934. The molecule has 0 saturated carbocycles. The van der Waals surface area contributed by atoms with Gasteiger partial charge in [0.15, 0.2) is 5.78 Å². The summed E-state index contributed by atoms with van der Waals surface area (Å²) < 4.78 is 41.4. The van der Waals surface area contributed by atoms with Crippen molar-refractivity contribution in [2.24, 2.45) is 0 Å². The molecule has 2 N–H and O–H groups in total. The summed E-state index contributed by atoms with van der Waals surface area (Å²) in [4.78, 5) is 25.2. The number of carbonyl (C=O) groups is 1. The summed E-state index contributed by atoms with van der Waals surface area (Å²) in [6.45, 7) is -0.213. The van der Waals surface area contributed by atoms with Crippen molar-refractivity contribution in [1.29, 1.82) is 0 Å². The highest BCUT2D eigenvalue weighted by Crippen LogP contribution is 2.20. The Labute approximate surface area is 166 Å². The van der Waals surface area contributed by atoms with Crippen LogP contribution in [0.5, 0.6) is 0 Å². The number of hydrogen-bond donors (Lipinski definition) is 1. The summed E-state index contributed by atoms with van der Waals surface area (Å²) in [6, 6.07) is 13.9. The first-order chi connectivity index (χ1) is 13.7. The van der Waals surface area contributed by atoms with Crippen LogP contribution in [-0.2, 0) is 20.9 Å². The second-order valence-electron chi connectivity index (χ2n) is 6.28. The predicted molar refractivity (Wildman–Crippen MR) is 106 cm³/mol. The summed E-state index contributed by atoms with van der Waals surface area (Å²) in [7, 11) is -3.63. The molecule has 1 aromatic heterocycles. The van der Waals surface area contributed by atoms with Gasteiger partial charge in [-0.05, 0) is 48.0 Å². The van der Waals surface area contributed by atoms with Gasteiger partial charge in [0.05, 0.1) is 24.1 Å². The number of rotatable bonds is 6. The van der Waals surface area contributed by atoms with Gasteiger partial charge in [0.2, 0.25) is 0 Å². The van der Waals surface area contributed by atoms with Crippen LogP contribution in [0.25, 0.3) is 5.69 Å². The van der Waals surface area contributed by atoms with Crippen LogP contribution in [-0.4, -0.2) is 25.0 Å². The van der Waals surface area contributed by atoms with E-state index in [-0.39, 0.29) is 23.6 Å². The topological polar surface area (TPSA) is 108 Å². The lowest BCUT2D eigenvalue weighted by atomic mass is 10.0. The van der Waals surface area contributed by atoms with Crippen LogP contribution in [0, 0.1) is 5.82 Å².